The zero-order valence-electron chi connectivity index (χ0n) is 13.2. The van der Waals surface area contributed by atoms with E-state index in [0.717, 1.165) is 19.0 Å². The summed E-state index contributed by atoms with van der Waals surface area (Å²) in [6.45, 7) is 11.2. The summed E-state index contributed by atoms with van der Waals surface area (Å²) in [5.41, 5.74) is 2.68. The molecule has 0 aliphatic heterocycles. The first-order valence-corrected chi connectivity index (χ1v) is 7.62. The van der Waals surface area contributed by atoms with Gasteiger partial charge in [-0.15, -0.1) is 0 Å². The van der Waals surface area contributed by atoms with Crippen molar-refractivity contribution in [1.29, 1.82) is 0 Å². The molecule has 0 aromatic heterocycles. The predicted octanol–water partition coefficient (Wildman–Crippen LogP) is 4.23. The smallest absolute Gasteiger partial charge is 0.0363 e. The molecule has 0 aliphatic rings. The highest BCUT2D eigenvalue weighted by atomic mass is 15.1. The minimum atomic E-state index is 0.439. The SMILES string of the molecule is CCCNC(C)c1ccc(N(C)CC(C)CC)cc1. The van der Waals surface area contributed by atoms with Crippen LogP contribution < -0.4 is 10.2 Å². The third-order valence-electron chi connectivity index (χ3n) is 3.82. The van der Waals surface area contributed by atoms with Crippen molar-refractivity contribution in [2.75, 3.05) is 25.0 Å². The van der Waals surface area contributed by atoms with Crippen molar-refractivity contribution in [1.82, 2.24) is 5.32 Å². The van der Waals surface area contributed by atoms with Crippen molar-refractivity contribution in [3.63, 3.8) is 0 Å². The summed E-state index contributed by atoms with van der Waals surface area (Å²) in [7, 11) is 2.18. The van der Waals surface area contributed by atoms with Crippen LogP contribution in [-0.4, -0.2) is 20.1 Å². The van der Waals surface area contributed by atoms with Crippen LogP contribution in [-0.2, 0) is 0 Å². The van der Waals surface area contributed by atoms with E-state index in [2.05, 4.69) is 69.2 Å². The summed E-state index contributed by atoms with van der Waals surface area (Å²) in [6.07, 6.45) is 2.42. The van der Waals surface area contributed by atoms with Gasteiger partial charge in [-0.05, 0) is 43.5 Å². The Kier molecular flexibility index (Phi) is 6.93. The molecule has 1 aromatic rings. The van der Waals surface area contributed by atoms with Gasteiger partial charge in [0.1, 0.15) is 0 Å². The van der Waals surface area contributed by atoms with Crippen LogP contribution in [0.1, 0.15) is 52.1 Å². The standard InChI is InChI=1S/C17H30N2/c1-6-12-18-15(4)16-8-10-17(11-9-16)19(5)13-14(3)7-2/h8-11,14-15,18H,6-7,12-13H2,1-5H3. The molecule has 0 saturated carbocycles. The zero-order valence-corrected chi connectivity index (χ0v) is 13.2. The second-order valence-corrected chi connectivity index (χ2v) is 5.66. The molecule has 1 aromatic carbocycles. The first kappa shape index (κ1) is 16.0. The third kappa shape index (κ3) is 5.23. The average molecular weight is 262 g/mol. The highest BCUT2D eigenvalue weighted by Crippen LogP contribution is 2.19. The topological polar surface area (TPSA) is 15.3 Å². The fourth-order valence-electron chi connectivity index (χ4n) is 2.20. The number of anilines is 1. The fraction of sp³-hybridized carbons (Fsp3) is 0.647. The second-order valence-electron chi connectivity index (χ2n) is 5.66. The van der Waals surface area contributed by atoms with Crippen molar-refractivity contribution >= 4 is 5.69 Å². The van der Waals surface area contributed by atoms with Crippen LogP contribution in [0.3, 0.4) is 0 Å². The molecule has 0 heterocycles. The minimum absolute atomic E-state index is 0.439. The molecule has 0 amide bonds. The number of nitrogens with zero attached hydrogens (tertiary/aromatic N) is 1. The normalized spacial score (nSPS) is 14.2. The van der Waals surface area contributed by atoms with E-state index in [0.29, 0.717) is 6.04 Å². The van der Waals surface area contributed by atoms with E-state index in [-0.39, 0.29) is 0 Å². The molecule has 108 valence electrons. The summed E-state index contributed by atoms with van der Waals surface area (Å²) in [5.74, 6) is 0.745. The van der Waals surface area contributed by atoms with E-state index in [1.165, 1.54) is 24.1 Å². The molecule has 1 N–H and O–H groups in total. The number of benzene rings is 1. The number of hydrogen-bond acceptors (Lipinski definition) is 2. The van der Waals surface area contributed by atoms with E-state index in [9.17, 15) is 0 Å². The van der Waals surface area contributed by atoms with Crippen LogP contribution in [0.15, 0.2) is 24.3 Å². The maximum absolute atomic E-state index is 3.53. The van der Waals surface area contributed by atoms with Crippen molar-refractivity contribution in [2.45, 2.75) is 46.6 Å². The van der Waals surface area contributed by atoms with Crippen LogP contribution in [0.5, 0.6) is 0 Å². The van der Waals surface area contributed by atoms with E-state index in [4.69, 9.17) is 0 Å². The van der Waals surface area contributed by atoms with Gasteiger partial charge in [0.25, 0.3) is 0 Å². The summed E-state index contributed by atoms with van der Waals surface area (Å²) in [4.78, 5) is 2.35. The van der Waals surface area contributed by atoms with Gasteiger partial charge in [0.15, 0.2) is 0 Å². The summed E-state index contributed by atoms with van der Waals surface area (Å²) in [5, 5.41) is 3.53. The van der Waals surface area contributed by atoms with Gasteiger partial charge in [0.2, 0.25) is 0 Å². The quantitative estimate of drug-likeness (QED) is 0.754. The van der Waals surface area contributed by atoms with Crippen LogP contribution in [0.25, 0.3) is 0 Å². The fourth-order valence-corrected chi connectivity index (χ4v) is 2.20. The molecule has 2 heteroatoms. The first-order valence-electron chi connectivity index (χ1n) is 7.62. The molecule has 0 fully saturated rings. The van der Waals surface area contributed by atoms with Gasteiger partial charge in [0, 0.05) is 25.3 Å². The van der Waals surface area contributed by atoms with E-state index >= 15 is 0 Å². The van der Waals surface area contributed by atoms with Crippen LogP contribution in [0.4, 0.5) is 5.69 Å². The lowest BCUT2D eigenvalue weighted by Crippen LogP contribution is -2.23. The third-order valence-corrected chi connectivity index (χ3v) is 3.82. The molecule has 0 bridgehead atoms. The highest BCUT2D eigenvalue weighted by Gasteiger charge is 2.07. The molecule has 0 saturated heterocycles. The molecule has 1 rings (SSSR count). The Morgan fingerprint density at radius 1 is 1.11 bits per heavy atom. The van der Waals surface area contributed by atoms with E-state index < -0.39 is 0 Å². The van der Waals surface area contributed by atoms with E-state index in [1.807, 2.05) is 0 Å². The van der Waals surface area contributed by atoms with Gasteiger partial charge < -0.3 is 10.2 Å². The predicted molar refractivity (Wildman–Crippen MR) is 85.9 cm³/mol. The van der Waals surface area contributed by atoms with Gasteiger partial charge in [-0.2, -0.15) is 0 Å². The van der Waals surface area contributed by atoms with Gasteiger partial charge in [-0.3, -0.25) is 0 Å². The molecule has 2 atom stereocenters. The first-order chi connectivity index (χ1) is 9.08. The Hall–Kier alpha value is -1.02. The van der Waals surface area contributed by atoms with Crippen molar-refractivity contribution in [3.8, 4) is 0 Å². The lowest BCUT2D eigenvalue weighted by Gasteiger charge is -2.23. The molecular weight excluding hydrogens is 232 g/mol. The Labute approximate surface area is 119 Å². The molecular formula is C17H30N2. The molecule has 0 radical (unpaired) electrons. The molecule has 19 heavy (non-hydrogen) atoms. The van der Waals surface area contributed by atoms with Gasteiger partial charge >= 0.3 is 0 Å². The Balaban J connectivity index is 2.60. The van der Waals surface area contributed by atoms with Crippen molar-refractivity contribution in [2.24, 2.45) is 5.92 Å². The molecule has 2 nitrogen and oxygen atoms in total. The molecule has 0 spiro atoms. The maximum Gasteiger partial charge on any atom is 0.0363 e. The Bertz CT molecular complexity index is 345. The van der Waals surface area contributed by atoms with Gasteiger partial charge in [0.05, 0.1) is 0 Å². The van der Waals surface area contributed by atoms with Gasteiger partial charge in [-0.1, -0.05) is 39.3 Å². The lowest BCUT2D eigenvalue weighted by molar-refractivity contribution is 0.559. The number of nitrogens with one attached hydrogen (secondary N) is 1. The summed E-state index contributed by atoms with van der Waals surface area (Å²) in [6, 6.07) is 9.41. The molecule has 2 unspecified atom stereocenters. The van der Waals surface area contributed by atoms with Gasteiger partial charge in [-0.25, -0.2) is 0 Å². The average Bonchev–Trinajstić information content (AvgIpc) is 2.44. The maximum atomic E-state index is 3.53. The molecule has 0 aliphatic carbocycles. The monoisotopic (exact) mass is 262 g/mol. The largest absolute Gasteiger partial charge is 0.374 e. The number of rotatable bonds is 8. The van der Waals surface area contributed by atoms with Crippen LogP contribution in [0, 0.1) is 5.92 Å². The second kappa shape index (κ2) is 8.21. The van der Waals surface area contributed by atoms with Crippen LogP contribution >= 0.6 is 0 Å². The van der Waals surface area contributed by atoms with Crippen LogP contribution in [0.2, 0.25) is 0 Å². The van der Waals surface area contributed by atoms with Crippen molar-refractivity contribution < 1.29 is 0 Å². The number of hydrogen-bond donors (Lipinski definition) is 1. The zero-order chi connectivity index (χ0) is 14.3. The summed E-state index contributed by atoms with van der Waals surface area (Å²) < 4.78 is 0. The minimum Gasteiger partial charge on any atom is -0.374 e. The lowest BCUT2D eigenvalue weighted by atomic mass is 10.1. The summed E-state index contributed by atoms with van der Waals surface area (Å²) >= 11 is 0. The Morgan fingerprint density at radius 2 is 1.74 bits per heavy atom. The Morgan fingerprint density at radius 3 is 2.26 bits per heavy atom. The highest BCUT2D eigenvalue weighted by molar-refractivity contribution is 5.47. The van der Waals surface area contributed by atoms with Crippen molar-refractivity contribution in [3.05, 3.63) is 29.8 Å². The van der Waals surface area contributed by atoms with E-state index in [1.54, 1.807) is 0 Å².